The number of aryl methyl sites for hydroxylation is 1. The Bertz CT molecular complexity index is 737. The molecule has 20 heavy (non-hydrogen) atoms. The van der Waals surface area contributed by atoms with Gasteiger partial charge in [-0.25, -0.2) is 0 Å². The molecule has 1 N–H and O–H groups in total. The number of aromatic amines is 1. The summed E-state index contributed by atoms with van der Waals surface area (Å²) in [6.07, 6.45) is 2.12. The van der Waals surface area contributed by atoms with Crippen LogP contribution in [0.3, 0.4) is 0 Å². The van der Waals surface area contributed by atoms with Crippen LogP contribution in [0.15, 0.2) is 23.3 Å². The minimum absolute atomic E-state index is 0.0846. The van der Waals surface area contributed by atoms with Gasteiger partial charge < -0.3 is 0 Å². The van der Waals surface area contributed by atoms with Crippen molar-refractivity contribution in [3.63, 3.8) is 0 Å². The molecule has 0 spiro atoms. The lowest BCUT2D eigenvalue weighted by Gasteiger charge is -1.98. The lowest BCUT2D eigenvalue weighted by Crippen LogP contribution is -1.98. The highest BCUT2D eigenvalue weighted by Gasteiger charge is 2.12. The van der Waals surface area contributed by atoms with Crippen LogP contribution in [0.1, 0.15) is 18.3 Å². The van der Waals surface area contributed by atoms with Crippen LogP contribution in [0.5, 0.6) is 0 Å². The molecule has 1 aromatic heterocycles. The summed E-state index contributed by atoms with van der Waals surface area (Å²) in [6, 6.07) is 4.44. The molecular formula is C11H10ClN5O2S. The smallest absolute Gasteiger partial charge is 0.258 e. The van der Waals surface area contributed by atoms with E-state index in [1.54, 1.807) is 6.07 Å². The first-order valence-electron chi connectivity index (χ1n) is 5.67. The van der Waals surface area contributed by atoms with Gasteiger partial charge in [-0.15, -0.1) is 0 Å². The highest BCUT2D eigenvalue weighted by Crippen LogP contribution is 2.24. The van der Waals surface area contributed by atoms with Crippen LogP contribution >= 0.6 is 23.8 Å². The van der Waals surface area contributed by atoms with Crippen LogP contribution in [-0.4, -0.2) is 26.0 Å². The number of halogens is 1. The average Bonchev–Trinajstić information content (AvgIpc) is 2.78. The van der Waals surface area contributed by atoms with E-state index in [0.29, 0.717) is 22.6 Å². The summed E-state index contributed by atoms with van der Waals surface area (Å²) in [5, 5.41) is 21.7. The zero-order valence-electron chi connectivity index (χ0n) is 10.4. The van der Waals surface area contributed by atoms with Gasteiger partial charge in [0.25, 0.3) is 5.69 Å². The van der Waals surface area contributed by atoms with Crippen molar-refractivity contribution < 1.29 is 4.92 Å². The van der Waals surface area contributed by atoms with Crippen molar-refractivity contribution in [1.29, 1.82) is 0 Å². The summed E-state index contributed by atoms with van der Waals surface area (Å²) in [5.41, 5.74) is 0.383. The highest BCUT2D eigenvalue weighted by atomic mass is 35.5. The topological polar surface area (TPSA) is 89.1 Å². The van der Waals surface area contributed by atoms with Gasteiger partial charge in [-0.3, -0.25) is 15.2 Å². The van der Waals surface area contributed by atoms with E-state index in [9.17, 15) is 10.1 Å². The number of nitrogens with one attached hydrogen (secondary N) is 1. The summed E-state index contributed by atoms with van der Waals surface area (Å²) in [5.74, 6) is 0.676. The lowest BCUT2D eigenvalue weighted by atomic mass is 10.2. The first-order valence-corrected chi connectivity index (χ1v) is 6.46. The zero-order valence-corrected chi connectivity index (χ0v) is 12.0. The van der Waals surface area contributed by atoms with Crippen molar-refractivity contribution in [3.05, 3.63) is 49.5 Å². The molecule has 0 aliphatic heterocycles. The molecule has 2 rings (SSSR count). The second-order valence-corrected chi connectivity index (χ2v) is 4.62. The molecule has 104 valence electrons. The molecule has 0 fully saturated rings. The van der Waals surface area contributed by atoms with E-state index in [2.05, 4.69) is 15.3 Å². The fraction of sp³-hybridized carbons (Fsp3) is 0.182. The van der Waals surface area contributed by atoms with Crippen LogP contribution in [0.25, 0.3) is 0 Å². The molecule has 7 nitrogen and oxygen atoms in total. The fourth-order valence-corrected chi connectivity index (χ4v) is 1.93. The van der Waals surface area contributed by atoms with Gasteiger partial charge in [0, 0.05) is 18.1 Å². The number of hydrogen-bond donors (Lipinski definition) is 1. The van der Waals surface area contributed by atoms with Crippen molar-refractivity contribution in [2.75, 3.05) is 0 Å². The molecule has 0 radical (unpaired) electrons. The molecule has 0 bridgehead atoms. The van der Waals surface area contributed by atoms with Crippen molar-refractivity contribution in [3.8, 4) is 0 Å². The van der Waals surface area contributed by atoms with Crippen LogP contribution < -0.4 is 0 Å². The minimum atomic E-state index is -0.541. The molecule has 0 aliphatic rings. The van der Waals surface area contributed by atoms with Crippen molar-refractivity contribution in [2.24, 2.45) is 5.10 Å². The highest BCUT2D eigenvalue weighted by molar-refractivity contribution is 7.71. The van der Waals surface area contributed by atoms with Gasteiger partial charge in [-0.2, -0.15) is 14.9 Å². The second-order valence-electron chi connectivity index (χ2n) is 3.82. The van der Waals surface area contributed by atoms with E-state index >= 15 is 0 Å². The number of rotatable bonds is 4. The summed E-state index contributed by atoms with van der Waals surface area (Å²) in [7, 11) is 0. The van der Waals surface area contributed by atoms with E-state index in [1.165, 1.54) is 23.0 Å². The Morgan fingerprint density at radius 2 is 2.40 bits per heavy atom. The summed E-state index contributed by atoms with van der Waals surface area (Å²) in [6.45, 7) is 1.92. The normalized spacial score (nSPS) is 11.1. The average molecular weight is 312 g/mol. The molecule has 2 aromatic rings. The predicted molar refractivity (Wildman–Crippen MR) is 77.9 cm³/mol. The molecule has 9 heteroatoms. The number of hydrogen-bond acceptors (Lipinski definition) is 5. The van der Waals surface area contributed by atoms with Gasteiger partial charge in [-0.05, 0) is 18.3 Å². The van der Waals surface area contributed by atoms with Crippen LogP contribution in [0.2, 0.25) is 5.02 Å². The van der Waals surface area contributed by atoms with Gasteiger partial charge in [0.15, 0.2) is 5.82 Å². The Morgan fingerprint density at radius 1 is 1.65 bits per heavy atom. The van der Waals surface area contributed by atoms with Crippen molar-refractivity contribution >= 4 is 35.7 Å². The zero-order chi connectivity index (χ0) is 14.7. The molecule has 0 amide bonds. The van der Waals surface area contributed by atoms with Gasteiger partial charge in [0.1, 0.15) is 5.02 Å². The Labute approximate surface area is 124 Å². The fourth-order valence-electron chi connectivity index (χ4n) is 1.55. The third-order valence-electron chi connectivity index (χ3n) is 2.52. The van der Waals surface area contributed by atoms with Crippen LogP contribution in [-0.2, 0) is 6.42 Å². The Hall–Kier alpha value is -2.06. The van der Waals surface area contributed by atoms with E-state index < -0.39 is 4.92 Å². The van der Waals surface area contributed by atoms with Gasteiger partial charge in [0.2, 0.25) is 4.77 Å². The summed E-state index contributed by atoms with van der Waals surface area (Å²) >= 11 is 10.8. The first kappa shape index (κ1) is 14.4. The number of nitro groups is 1. The maximum Gasteiger partial charge on any atom is 0.288 e. The maximum atomic E-state index is 10.8. The number of aromatic nitrogens is 3. The van der Waals surface area contributed by atoms with E-state index in [4.69, 9.17) is 23.8 Å². The number of nitrogens with zero attached hydrogens (tertiary/aromatic N) is 4. The minimum Gasteiger partial charge on any atom is -0.258 e. The third-order valence-corrected chi connectivity index (χ3v) is 3.11. The summed E-state index contributed by atoms with van der Waals surface area (Å²) < 4.78 is 1.83. The van der Waals surface area contributed by atoms with E-state index in [1.807, 2.05) is 6.92 Å². The van der Waals surface area contributed by atoms with Crippen molar-refractivity contribution in [1.82, 2.24) is 14.9 Å². The molecule has 0 atom stereocenters. The van der Waals surface area contributed by atoms with Gasteiger partial charge in [0.05, 0.1) is 11.1 Å². The largest absolute Gasteiger partial charge is 0.288 e. The van der Waals surface area contributed by atoms with Crippen LogP contribution in [0, 0.1) is 14.9 Å². The molecule has 0 saturated carbocycles. The molecule has 0 saturated heterocycles. The predicted octanol–water partition coefficient (Wildman–Crippen LogP) is 2.95. The number of H-pyrrole nitrogens is 1. The standard InChI is InChI=1S/C11H10ClN5O2S/c1-2-10-14-15-11(20)16(10)13-6-7-3-4-8(12)9(5-7)17(18)19/h3-6H,2H2,1H3,(H,15,20)/b13-6-. The molecule has 0 aliphatic carbocycles. The Balaban J connectivity index is 2.37. The SMILES string of the molecule is CCc1n[nH]c(=S)n1/N=C\c1ccc(Cl)c([N+](=O)[O-])c1. The monoisotopic (exact) mass is 311 g/mol. The Morgan fingerprint density at radius 3 is 3.05 bits per heavy atom. The molecule has 1 aromatic carbocycles. The molecule has 1 heterocycles. The number of benzene rings is 1. The van der Waals surface area contributed by atoms with E-state index in [0.717, 1.165) is 0 Å². The second kappa shape index (κ2) is 5.93. The van der Waals surface area contributed by atoms with Crippen molar-refractivity contribution in [2.45, 2.75) is 13.3 Å². The van der Waals surface area contributed by atoms with Crippen LogP contribution in [0.4, 0.5) is 5.69 Å². The summed E-state index contributed by atoms with van der Waals surface area (Å²) in [4.78, 5) is 10.3. The van der Waals surface area contributed by atoms with E-state index in [-0.39, 0.29) is 10.7 Å². The third kappa shape index (κ3) is 2.91. The van der Waals surface area contributed by atoms with Gasteiger partial charge >= 0.3 is 0 Å². The quantitative estimate of drug-likeness (QED) is 0.407. The molecular weight excluding hydrogens is 302 g/mol. The van der Waals surface area contributed by atoms with Gasteiger partial charge in [-0.1, -0.05) is 24.6 Å². The first-order chi connectivity index (χ1) is 9.52. The maximum absolute atomic E-state index is 10.8. The number of nitro benzene ring substituents is 1. The molecule has 0 unspecified atom stereocenters. The Kier molecular flexibility index (Phi) is 4.26. The lowest BCUT2D eigenvalue weighted by molar-refractivity contribution is -0.384.